The summed E-state index contributed by atoms with van der Waals surface area (Å²) in [5.41, 5.74) is 0.888. The first-order chi connectivity index (χ1) is 12.5. The summed E-state index contributed by atoms with van der Waals surface area (Å²) in [7, 11) is 5.87. The van der Waals surface area contributed by atoms with Gasteiger partial charge in [0.1, 0.15) is 19.5 Å². The molecule has 2 aromatic heterocycles. The molecule has 26 heavy (non-hydrogen) atoms. The summed E-state index contributed by atoms with van der Waals surface area (Å²) in [6, 6.07) is 9.29. The van der Waals surface area contributed by atoms with Gasteiger partial charge in [0.05, 0.1) is 11.1 Å². The Morgan fingerprint density at radius 2 is 2.04 bits per heavy atom. The monoisotopic (exact) mass is 352 g/mol. The second-order valence-corrected chi connectivity index (χ2v) is 5.81. The Morgan fingerprint density at radius 1 is 1.19 bits per heavy atom. The molecule has 2 radical (unpaired) electrons. The zero-order valence-electron chi connectivity index (χ0n) is 13.5. The molecule has 0 amide bonds. The Labute approximate surface area is 148 Å². The van der Waals surface area contributed by atoms with Crippen molar-refractivity contribution >= 4 is 35.8 Å². The average Bonchev–Trinajstić information content (AvgIpc) is 3.08. The summed E-state index contributed by atoms with van der Waals surface area (Å²) in [6.07, 6.45) is 0.527. The molecule has 8 heteroatoms. The lowest BCUT2D eigenvalue weighted by Crippen LogP contribution is -2.09. The molecule has 0 saturated heterocycles. The molecule has 2 aromatic carbocycles. The number of hydrogen-bond acceptors (Lipinski definition) is 3. The van der Waals surface area contributed by atoms with Crippen molar-refractivity contribution in [1.29, 1.82) is 0 Å². The Kier molecular flexibility index (Phi) is 4.03. The number of imidazole rings is 1. The van der Waals surface area contributed by atoms with Gasteiger partial charge in [0, 0.05) is 29.9 Å². The summed E-state index contributed by atoms with van der Waals surface area (Å²) in [5.74, 6) is 0.000123. The fourth-order valence-corrected chi connectivity index (χ4v) is 2.90. The Bertz CT molecular complexity index is 1110. The van der Waals surface area contributed by atoms with Crippen molar-refractivity contribution in [3.8, 4) is 0 Å². The third-order valence-electron chi connectivity index (χ3n) is 4.16. The van der Waals surface area contributed by atoms with Gasteiger partial charge in [-0.2, -0.15) is 4.98 Å². The zero-order valence-corrected chi connectivity index (χ0v) is 13.5. The standard InChI is InChI=1S/C18H12BF3N4/c19-11-4-5-14-13(8-11)17(25-18-23-6-7-26(14)18)24-9-10-2-1-3-12(15(10)20)16(21)22/h1-8,16H,9H2,(H,23,24,25). The highest BCUT2D eigenvalue weighted by Gasteiger charge is 2.16. The van der Waals surface area contributed by atoms with Crippen LogP contribution in [0.5, 0.6) is 0 Å². The van der Waals surface area contributed by atoms with Crippen molar-refractivity contribution in [3.05, 3.63) is 65.7 Å². The molecule has 4 rings (SSSR count). The van der Waals surface area contributed by atoms with Gasteiger partial charge in [-0.05, 0) is 6.07 Å². The van der Waals surface area contributed by atoms with Gasteiger partial charge in [-0.15, -0.1) is 0 Å². The number of nitrogens with one attached hydrogen (secondary N) is 1. The molecule has 0 fully saturated rings. The maximum absolute atomic E-state index is 14.2. The third kappa shape index (κ3) is 2.77. The van der Waals surface area contributed by atoms with Crippen LogP contribution < -0.4 is 10.8 Å². The van der Waals surface area contributed by atoms with E-state index >= 15 is 0 Å². The van der Waals surface area contributed by atoms with E-state index in [1.807, 2.05) is 6.07 Å². The van der Waals surface area contributed by atoms with Crippen molar-refractivity contribution in [2.75, 3.05) is 5.32 Å². The van der Waals surface area contributed by atoms with Crippen LogP contribution in [0.15, 0.2) is 48.8 Å². The molecule has 1 N–H and O–H groups in total. The van der Waals surface area contributed by atoms with Gasteiger partial charge >= 0.3 is 0 Å². The van der Waals surface area contributed by atoms with Gasteiger partial charge in [0.25, 0.3) is 6.43 Å². The number of benzene rings is 2. The normalized spacial score (nSPS) is 11.5. The van der Waals surface area contributed by atoms with E-state index in [1.165, 1.54) is 12.1 Å². The van der Waals surface area contributed by atoms with Crippen molar-refractivity contribution in [2.24, 2.45) is 0 Å². The highest BCUT2D eigenvalue weighted by molar-refractivity contribution is 6.33. The smallest absolute Gasteiger partial charge is 0.266 e. The number of aromatic nitrogens is 3. The summed E-state index contributed by atoms with van der Waals surface area (Å²) >= 11 is 0. The van der Waals surface area contributed by atoms with E-state index in [0.29, 0.717) is 17.1 Å². The number of fused-ring (bicyclic) bond motifs is 3. The minimum Gasteiger partial charge on any atom is -0.365 e. The largest absolute Gasteiger partial charge is 0.365 e. The van der Waals surface area contributed by atoms with E-state index < -0.39 is 17.8 Å². The van der Waals surface area contributed by atoms with E-state index in [0.717, 1.165) is 17.0 Å². The van der Waals surface area contributed by atoms with Gasteiger partial charge in [-0.3, -0.25) is 4.40 Å². The van der Waals surface area contributed by atoms with E-state index in [2.05, 4.69) is 15.3 Å². The molecule has 0 atom stereocenters. The molecule has 0 saturated carbocycles. The lowest BCUT2D eigenvalue weighted by atomic mass is 9.95. The van der Waals surface area contributed by atoms with Gasteiger partial charge in [-0.1, -0.05) is 35.8 Å². The minimum atomic E-state index is -2.87. The molecular formula is C18H12BF3N4. The molecule has 0 bridgehead atoms. The molecule has 2 heterocycles. The number of rotatable bonds is 4. The second-order valence-electron chi connectivity index (χ2n) is 5.81. The summed E-state index contributed by atoms with van der Waals surface area (Å²) in [4.78, 5) is 8.59. The first-order valence-corrected chi connectivity index (χ1v) is 7.86. The van der Waals surface area contributed by atoms with Crippen LogP contribution in [0, 0.1) is 5.82 Å². The summed E-state index contributed by atoms with van der Waals surface area (Å²) in [5, 5.41) is 3.74. The van der Waals surface area contributed by atoms with Crippen LogP contribution in [0.25, 0.3) is 16.7 Å². The highest BCUT2D eigenvalue weighted by atomic mass is 19.3. The number of halogens is 3. The molecule has 4 aromatic rings. The highest BCUT2D eigenvalue weighted by Crippen LogP contribution is 2.26. The van der Waals surface area contributed by atoms with Gasteiger partial charge in [0.2, 0.25) is 5.78 Å². The maximum Gasteiger partial charge on any atom is 0.266 e. The molecule has 128 valence electrons. The van der Waals surface area contributed by atoms with Gasteiger partial charge in [0.15, 0.2) is 0 Å². The van der Waals surface area contributed by atoms with Crippen molar-refractivity contribution in [1.82, 2.24) is 14.4 Å². The molecule has 0 aliphatic heterocycles. The SMILES string of the molecule is [B]c1ccc2c(c1)c(NCc1cccc(C(F)F)c1F)nc1nccn12. The van der Waals surface area contributed by atoms with Crippen molar-refractivity contribution in [2.45, 2.75) is 13.0 Å². The lowest BCUT2D eigenvalue weighted by Gasteiger charge is -2.13. The lowest BCUT2D eigenvalue weighted by molar-refractivity contribution is 0.146. The average molecular weight is 352 g/mol. The summed E-state index contributed by atoms with van der Waals surface area (Å²) < 4.78 is 41.8. The fourth-order valence-electron chi connectivity index (χ4n) is 2.90. The van der Waals surface area contributed by atoms with Crippen LogP contribution >= 0.6 is 0 Å². The van der Waals surface area contributed by atoms with Gasteiger partial charge < -0.3 is 5.32 Å². The predicted octanol–water partition coefficient (Wildman–Crippen LogP) is 3.37. The first kappa shape index (κ1) is 16.4. The summed E-state index contributed by atoms with van der Waals surface area (Å²) in [6.45, 7) is 0.000173. The molecule has 4 nitrogen and oxygen atoms in total. The van der Waals surface area contributed by atoms with Crippen LogP contribution in [0.2, 0.25) is 0 Å². The predicted molar refractivity (Wildman–Crippen MR) is 94.6 cm³/mol. The first-order valence-electron chi connectivity index (χ1n) is 7.86. The molecule has 0 unspecified atom stereocenters. The van der Waals surface area contributed by atoms with Crippen LogP contribution in [0.4, 0.5) is 19.0 Å². The number of hydrogen-bond donors (Lipinski definition) is 1. The van der Waals surface area contributed by atoms with E-state index in [4.69, 9.17) is 7.85 Å². The quantitative estimate of drug-likeness (QED) is 0.573. The Balaban J connectivity index is 1.75. The van der Waals surface area contributed by atoms with Crippen LogP contribution in [-0.2, 0) is 6.54 Å². The van der Waals surface area contributed by atoms with Gasteiger partial charge in [-0.25, -0.2) is 18.2 Å². The third-order valence-corrected chi connectivity index (χ3v) is 4.16. The Hall–Kier alpha value is -3.03. The molecule has 0 aliphatic rings. The van der Waals surface area contributed by atoms with E-state index in [1.54, 1.807) is 28.9 Å². The van der Waals surface area contributed by atoms with Crippen molar-refractivity contribution < 1.29 is 13.2 Å². The Morgan fingerprint density at radius 3 is 2.85 bits per heavy atom. The number of anilines is 1. The minimum absolute atomic E-state index is 0.000173. The molecule has 0 aliphatic carbocycles. The van der Waals surface area contributed by atoms with Crippen molar-refractivity contribution in [3.63, 3.8) is 0 Å². The number of nitrogens with zero attached hydrogens (tertiary/aromatic N) is 3. The molecule has 0 spiro atoms. The second kappa shape index (κ2) is 6.36. The van der Waals surface area contributed by atoms with E-state index in [-0.39, 0.29) is 12.1 Å². The fraction of sp³-hybridized carbons (Fsp3) is 0.111. The maximum atomic E-state index is 14.2. The molecular weight excluding hydrogens is 340 g/mol. The van der Waals surface area contributed by atoms with Crippen LogP contribution in [0.3, 0.4) is 0 Å². The topological polar surface area (TPSA) is 42.2 Å². The van der Waals surface area contributed by atoms with E-state index in [9.17, 15) is 13.2 Å². The number of alkyl halides is 2. The van der Waals surface area contributed by atoms with Crippen LogP contribution in [-0.4, -0.2) is 22.2 Å². The zero-order chi connectivity index (χ0) is 18.3. The van der Waals surface area contributed by atoms with Crippen LogP contribution in [0.1, 0.15) is 17.6 Å².